The monoisotopic (exact) mass is 195 g/mol. The molecule has 1 aliphatic carbocycles. The maximum absolute atomic E-state index is 11.1. The third-order valence-electron chi connectivity index (χ3n) is 3.78. The van der Waals surface area contributed by atoms with Crippen LogP contribution in [-0.4, -0.2) is 29.8 Å². The predicted octanol–water partition coefficient (Wildman–Crippen LogP) is 2.23. The molecule has 2 heteroatoms. The van der Waals surface area contributed by atoms with Gasteiger partial charge < -0.3 is 0 Å². The Morgan fingerprint density at radius 1 is 1.21 bits per heavy atom. The first kappa shape index (κ1) is 10.2. The van der Waals surface area contributed by atoms with Gasteiger partial charge >= 0.3 is 0 Å². The van der Waals surface area contributed by atoms with E-state index in [1.165, 1.54) is 25.7 Å². The summed E-state index contributed by atoms with van der Waals surface area (Å²) < 4.78 is 0. The average molecular weight is 195 g/mol. The second-order valence-corrected chi connectivity index (χ2v) is 5.00. The largest absolute Gasteiger partial charge is 0.300 e. The number of hydrogen-bond acceptors (Lipinski definition) is 2. The van der Waals surface area contributed by atoms with E-state index in [1.807, 2.05) is 0 Å². The van der Waals surface area contributed by atoms with Gasteiger partial charge in [0, 0.05) is 32.0 Å². The molecule has 80 valence electrons. The molecule has 0 spiro atoms. The van der Waals surface area contributed by atoms with E-state index in [0.29, 0.717) is 5.78 Å². The Hall–Kier alpha value is -0.370. The summed E-state index contributed by atoms with van der Waals surface area (Å²) in [5, 5.41) is 0. The zero-order chi connectivity index (χ0) is 9.97. The van der Waals surface area contributed by atoms with Gasteiger partial charge in [-0.3, -0.25) is 9.69 Å². The van der Waals surface area contributed by atoms with Crippen molar-refractivity contribution in [3.8, 4) is 0 Å². The molecule has 2 fully saturated rings. The van der Waals surface area contributed by atoms with E-state index < -0.39 is 0 Å². The van der Waals surface area contributed by atoms with Crippen LogP contribution in [0.25, 0.3) is 0 Å². The van der Waals surface area contributed by atoms with E-state index in [9.17, 15) is 4.79 Å². The van der Waals surface area contributed by atoms with Crippen LogP contribution < -0.4 is 0 Å². The fraction of sp³-hybridized carbons (Fsp3) is 0.917. The fourth-order valence-corrected chi connectivity index (χ4v) is 2.87. The molecule has 0 aromatic carbocycles. The maximum Gasteiger partial charge on any atom is 0.135 e. The summed E-state index contributed by atoms with van der Waals surface area (Å²) in [6, 6.07) is 0.784. The Balaban J connectivity index is 1.85. The highest BCUT2D eigenvalue weighted by atomic mass is 16.1. The molecule has 0 aromatic heterocycles. The van der Waals surface area contributed by atoms with Crippen LogP contribution in [0.2, 0.25) is 0 Å². The number of nitrogens with zero attached hydrogens (tertiary/aromatic N) is 1. The summed E-state index contributed by atoms with van der Waals surface area (Å²) in [6.45, 7) is 4.41. The lowest BCUT2D eigenvalue weighted by molar-refractivity contribution is -0.122. The Kier molecular flexibility index (Phi) is 3.22. The Morgan fingerprint density at radius 2 is 1.93 bits per heavy atom. The summed E-state index contributed by atoms with van der Waals surface area (Å²) in [6.07, 6.45) is 7.10. The predicted molar refractivity (Wildman–Crippen MR) is 57.2 cm³/mol. The number of Topliss-reactive ketones (excluding diaryl/α,β-unsaturated/α-hetero) is 1. The highest BCUT2D eigenvalue weighted by molar-refractivity contribution is 5.79. The lowest BCUT2D eigenvalue weighted by Crippen LogP contribution is -2.43. The molecule has 2 atom stereocenters. The second kappa shape index (κ2) is 4.43. The van der Waals surface area contributed by atoms with Gasteiger partial charge in [-0.2, -0.15) is 0 Å². The van der Waals surface area contributed by atoms with Crippen molar-refractivity contribution in [2.45, 2.75) is 51.5 Å². The minimum absolute atomic E-state index is 0.463. The molecule has 1 aliphatic heterocycles. The highest BCUT2D eigenvalue weighted by Gasteiger charge is 2.27. The van der Waals surface area contributed by atoms with Crippen LogP contribution in [0.3, 0.4) is 0 Å². The first-order valence-electron chi connectivity index (χ1n) is 6.01. The number of piperidine rings is 1. The van der Waals surface area contributed by atoms with Crippen molar-refractivity contribution >= 4 is 5.78 Å². The maximum atomic E-state index is 11.1. The van der Waals surface area contributed by atoms with E-state index in [-0.39, 0.29) is 0 Å². The molecule has 1 saturated carbocycles. The molecule has 2 nitrogen and oxygen atoms in total. The summed E-state index contributed by atoms with van der Waals surface area (Å²) in [4.78, 5) is 13.7. The minimum Gasteiger partial charge on any atom is -0.300 e. The molecule has 2 rings (SSSR count). The molecule has 0 unspecified atom stereocenters. The number of carbonyl (C=O) groups is 1. The van der Waals surface area contributed by atoms with Crippen LogP contribution >= 0.6 is 0 Å². The van der Waals surface area contributed by atoms with Crippen LogP contribution in [0, 0.1) is 5.92 Å². The van der Waals surface area contributed by atoms with Gasteiger partial charge in [0.1, 0.15) is 5.78 Å². The third-order valence-corrected chi connectivity index (χ3v) is 3.78. The fourth-order valence-electron chi connectivity index (χ4n) is 2.87. The van der Waals surface area contributed by atoms with Gasteiger partial charge in [0.15, 0.2) is 0 Å². The first-order valence-corrected chi connectivity index (χ1v) is 6.01. The average Bonchev–Trinajstić information content (AvgIpc) is 2.19. The van der Waals surface area contributed by atoms with Crippen molar-refractivity contribution in [2.24, 2.45) is 5.92 Å². The van der Waals surface area contributed by atoms with E-state index in [0.717, 1.165) is 37.9 Å². The first-order chi connectivity index (χ1) is 6.75. The number of rotatable bonds is 1. The summed E-state index contributed by atoms with van der Waals surface area (Å²) in [7, 11) is 0. The van der Waals surface area contributed by atoms with Crippen molar-refractivity contribution in [1.29, 1.82) is 0 Å². The van der Waals surface area contributed by atoms with Crippen LogP contribution in [0.15, 0.2) is 0 Å². The SMILES string of the molecule is C[C@H]1CCC[C@@H](N2CCC(=O)CC2)C1. The third kappa shape index (κ3) is 2.35. The zero-order valence-corrected chi connectivity index (χ0v) is 9.17. The summed E-state index contributed by atoms with van der Waals surface area (Å²) >= 11 is 0. The second-order valence-electron chi connectivity index (χ2n) is 5.00. The zero-order valence-electron chi connectivity index (χ0n) is 9.17. The lowest BCUT2D eigenvalue weighted by atomic mass is 9.85. The quantitative estimate of drug-likeness (QED) is 0.639. The summed E-state index contributed by atoms with van der Waals surface area (Å²) in [5.41, 5.74) is 0. The standard InChI is InChI=1S/C12H21NO/c1-10-3-2-4-11(9-10)13-7-5-12(14)6-8-13/h10-11H,2-9H2,1H3/t10-,11+/m0/s1. The molecular weight excluding hydrogens is 174 g/mol. The van der Waals surface area contributed by atoms with Crippen molar-refractivity contribution in [3.63, 3.8) is 0 Å². The highest BCUT2D eigenvalue weighted by Crippen LogP contribution is 2.28. The van der Waals surface area contributed by atoms with E-state index in [2.05, 4.69) is 11.8 Å². The van der Waals surface area contributed by atoms with Crippen molar-refractivity contribution in [3.05, 3.63) is 0 Å². The molecule has 0 bridgehead atoms. The number of carbonyl (C=O) groups excluding carboxylic acids is 1. The number of ketones is 1. The van der Waals surface area contributed by atoms with Gasteiger partial charge in [-0.15, -0.1) is 0 Å². The molecule has 0 radical (unpaired) electrons. The summed E-state index contributed by atoms with van der Waals surface area (Å²) in [5.74, 6) is 1.36. The van der Waals surface area contributed by atoms with E-state index in [1.54, 1.807) is 0 Å². The van der Waals surface area contributed by atoms with Crippen molar-refractivity contribution in [1.82, 2.24) is 4.90 Å². The van der Waals surface area contributed by atoms with Gasteiger partial charge in [0.2, 0.25) is 0 Å². The van der Waals surface area contributed by atoms with Crippen molar-refractivity contribution in [2.75, 3.05) is 13.1 Å². The minimum atomic E-state index is 0.463. The lowest BCUT2D eigenvalue weighted by Gasteiger charge is -2.38. The Labute approximate surface area is 86.7 Å². The van der Waals surface area contributed by atoms with Gasteiger partial charge in [-0.05, 0) is 18.8 Å². The van der Waals surface area contributed by atoms with Gasteiger partial charge in [0.05, 0.1) is 0 Å². The molecule has 1 saturated heterocycles. The van der Waals surface area contributed by atoms with E-state index in [4.69, 9.17) is 0 Å². The molecule has 1 heterocycles. The van der Waals surface area contributed by atoms with Crippen molar-refractivity contribution < 1.29 is 4.79 Å². The van der Waals surface area contributed by atoms with E-state index >= 15 is 0 Å². The number of likely N-dealkylation sites (tertiary alicyclic amines) is 1. The Bertz CT molecular complexity index is 204. The van der Waals surface area contributed by atoms with Crippen LogP contribution in [0.1, 0.15) is 45.4 Å². The van der Waals surface area contributed by atoms with Gasteiger partial charge in [-0.1, -0.05) is 19.8 Å². The van der Waals surface area contributed by atoms with Gasteiger partial charge in [-0.25, -0.2) is 0 Å². The molecule has 2 aliphatic rings. The smallest absolute Gasteiger partial charge is 0.135 e. The van der Waals surface area contributed by atoms with Gasteiger partial charge in [0.25, 0.3) is 0 Å². The molecule has 14 heavy (non-hydrogen) atoms. The Morgan fingerprint density at radius 3 is 2.57 bits per heavy atom. The number of hydrogen-bond donors (Lipinski definition) is 0. The topological polar surface area (TPSA) is 20.3 Å². The molecule has 0 N–H and O–H groups in total. The normalized spacial score (nSPS) is 35.9. The van der Waals surface area contributed by atoms with Crippen LogP contribution in [0.5, 0.6) is 0 Å². The molecule has 0 amide bonds. The molecule has 0 aromatic rings. The molecular formula is C12H21NO. The van der Waals surface area contributed by atoms with Crippen LogP contribution in [-0.2, 0) is 4.79 Å². The van der Waals surface area contributed by atoms with Crippen LogP contribution in [0.4, 0.5) is 0 Å².